The van der Waals surface area contributed by atoms with Crippen LogP contribution < -0.4 is 49.1 Å². The molecule has 0 saturated carbocycles. The second kappa shape index (κ2) is 29.5. The Morgan fingerprint density at radius 3 is 1.59 bits per heavy atom. The Morgan fingerprint density at radius 1 is 0.587 bits per heavy atom. The normalized spacial score (nSPS) is 14.1. The molecule has 2 aromatic rings. The van der Waals surface area contributed by atoms with E-state index in [-0.39, 0.29) is 37.5 Å². The monoisotopic (exact) mass is 878 g/mol. The van der Waals surface area contributed by atoms with Crippen LogP contribution in [0.4, 0.5) is 11.4 Å². The summed E-state index contributed by atoms with van der Waals surface area (Å²) < 4.78 is 0. The predicted octanol–water partition coefficient (Wildman–Crippen LogP) is 2.82. The molecule has 12 N–H and O–H groups in total. The summed E-state index contributed by atoms with van der Waals surface area (Å²) in [5.74, 6) is -4.46. The van der Waals surface area contributed by atoms with Gasteiger partial charge in [0.1, 0.15) is 30.2 Å². The van der Waals surface area contributed by atoms with Crippen molar-refractivity contribution in [3.05, 3.63) is 60.2 Å². The smallest absolute Gasteiger partial charge is 0.243 e. The van der Waals surface area contributed by atoms with Gasteiger partial charge in [-0.2, -0.15) is 10.2 Å². The maximum atomic E-state index is 14.1. The fraction of sp³-hybridized carbons (Fsp3) is 0.578. The minimum Gasteiger partial charge on any atom is -0.368 e. The van der Waals surface area contributed by atoms with E-state index in [1.807, 2.05) is 49.4 Å². The molecule has 7 amide bonds. The zero-order valence-electron chi connectivity index (χ0n) is 37.6. The molecule has 0 aliphatic heterocycles. The number of hydrogen-bond donors (Lipinski definition) is 9. The first-order chi connectivity index (χ1) is 30.1. The van der Waals surface area contributed by atoms with Crippen LogP contribution >= 0.6 is 0 Å². The molecule has 0 spiro atoms. The van der Waals surface area contributed by atoms with Crippen molar-refractivity contribution in [2.75, 3.05) is 19.6 Å². The van der Waals surface area contributed by atoms with E-state index in [0.717, 1.165) is 11.3 Å². The molecular formula is C45H71N11O7. The fourth-order valence-corrected chi connectivity index (χ4v) is 6.55. The van der Waals surface area contributed by atoms with E-state index in [1.54, 1.807) is 32.9 Å². The second-order valence-corrected chi connectivity index (χ2v) is 16.2. The maximum absolute atomic E-state index is 14.1. The Hall–Kier alpha value is -5.75. The van der Waals surface area contributed by atoms with Crippen LogP contribution in [0.2, 0.25) is 0 Å². The minimum absolute atomic E-state index is 0.145. The van der Waals surface area contributed by atoms with Crippen LogP contribution in [-0.4, -0.2) is 91.2 Å². The molecule has 0 fully saturated rings. The van der Waals surface area contributed by atoms with Crippen molar-refractivity contribution in [2.24, 2.45) is 39.3 Å². The van der Waals surface area contributed by atoms with Gasteiger partial charge >= 0.3 is 0 Å². The highest BCUT2D eigenvalue weighted by atomic mass is 16.2. The molecule has 0 aliphatic carbocycles. The van der Waals surface area contributed by atoms with E-state index >= 15 is 0 Å². The van der Waals surface area contributed by atoms with Crippen LogP contribution in [-0.2, 0) is 40.0 Å². The largest absolute Gasteiger partial charge is 0.368 e. The molecule has 0 bridgehead atoms. The molecule has 18 heteroatoms. The number of carbonyl (C=O) groups is 7. The van der Waals surface area contributed by atoms with Crippen molar-refractivity contribution in [1.82, 2.24) is 31.9 Å². The van der Waals surface area contributed by atoms with E-state index in [0.29, 0.717) is 70.3 Å². The van der Waals surface area contributed by atoms with Crippen molar-refractivity contribution in [2.45, 2.75) is 135 Å². The third-order valence-corrected chi connectivity index (χ3v) is 10.5. The summed E-state index contributed by atoms with van der Waals surface area (Å²) in [6, 6.07) is 11.3. The zero-order chi connectivity index (χ0) is 46.7. The SMILES string of the molecule is CC[C@H](C)[C@H](NC(=O)[C@H](CCCCNC(=O)Cc1ccc(N=Nc2ccccc2)cc1)NC(=O)[C@@H](NC(C)=O)C(C)C)C(=O)N[C@@H](CCCCN)C(=O)N[C@@H](CCCCN)C(N)=O. The van der Waals surface area contributed by atoms with Crippen LogP contribution in [0.5, 0.6) is 0 Å². The summed E-state index contributed by atoms with van der Waals surface area (Å²) in [5, 5.41) is 25.0. The molecule has 0 heterocycles. The number of hydrogen-bond acceptors (Lipinski definition) is 11. The lowest BCUT2D eigenvalue weighted by Gasteiger charge is -2.30. The lowest BCUT2D eigenvalue weighted by atomic mass is 9.96. The van der Waals surface area contributed by atoms with E-state index in [1.165, 1.54) is 6.92 Å². The van der Waals surface area contributed by atoms with Gasteiger partial charge in [-0.3, -0.25) is 33.6 Å². The van der Waals surface area contributed by atoms with Crippen molar-refractivity contribution in [1.29, 1.82) is 0 Å². The van der Waals surface area contributed by atoms with Crippen molar-refractivity contribution < 1.29 is 33.6 Å². The summed E-state index contributed by atoms with van der Waals surface area (Å²) in [5.41, 5.74) is 19.0. The van der Waals surface area contributed by atoms with Crippen molar-refractivity contribution in [3.8, 4) is 0 Å². The van der Waals surface area contributed by atoms with Gasteiger partial charge in [-0.15, -0.1) is 0 Å². The Balaban J connectivity index is 2.17. The molecule has 348 valence electrons. The second-order valence-electron chi connectivity index (χ2n) is 16.2. The summed E-state index contributed by atoms with van der Waals surface area (Å²) in [6.45, 7) is 9.54. The molecular weight excluding hydrogens is 807 g/mol. The number of nitrogens with one attached hydrogen (secondary N) is 6. The number of carbonyl (C=O) groups excluding carboxylic acids is 7. The summed E-state index contributed by atoms with van der Waals surface area (Å²) in [6.07, 6.45) is 4.42. The van der Waals surface area contributed by atoms with Gasteiger partial charge in [0.2, 0.25) is 41.4 Å². The number of nitrogens with zero attached hydrogens (tertiary/aromatic N) is 2. The third kappa shape index (κ3) is 20.8. The van der Waals surface area contributed by atoms with Crippen LogP contribution in [0.25, 0.3) is 0 Å². The molecule has 6 atom stereocenters. The number of rotatable bonds is 30. The summed E-state index contributed by atoms with van der Waals surface area (Å²) >= 11 is 0. The highest BCUT2D eigenvalue weighted by molar-refractivity contribution is 5.96. The number of unbranched alkanes of at least 4 members (excludes halogenated alkanes) is 3. The van der Waals surface area contributed by atoms with E-state index in [9.17, 15) is 33.6 Å². The van der Waals surface area contributed by atoms with Gasteiger partial charge in [0.15, 0.2) is 0 Å². The van der Waals surface area contributed by atoms with Gasteiger partial charge in [0.05, 0.1) is 17.8 Å². The van der Waals surface area contributed by atoms with Crippen LogP contribution in [0.1, 0.15) is 104 Å². The molecule has 2 aromatic carbocycles. The summed E-state index contributed by atoms with van der Waals surface area (Å²) in [7, 11) is 0. The lowest BCUT2D eigenvalue weighted by molar-refractivity contribution is -0.136. The highest BCUT2D eigenvalue weighted by Crippen LogP contribution is 2.19. The topological polar surface area (TPSA) is 294 Å². The minimum atomic E-state index is -1.12. The van der Waals surface area contributed by atoms with Crippen LogP contribution in [0.15, 0.2) is 64.8 Å². The fourth-order valence-electron chi connectivity index (χ4n) is 6.55. The van der Waals surface area contributed by atoms with E-state index < -0.39 is 71.6 Å². The van der Waals surface area contributed by atoms with Gasteiger partial charge in [0, 0.05) is 13.5 Å². The predicted molar refractivity (Wildman–Crippen MR) is 242 cm³/mol. The van der Waals surface area contributed by atoms with Gasteiger partial charge in [-0.05, 0) is 113 Å². The zero-order valence-corrected chi connectivity index (χ0v) is 37.6. The standard InChI is InChI=1S/C45H71N11O7/c1-6-30(4)40(45(63)53-36(19-11-14-26-47)42(60)51-35(41(48)59)18-10-13-25-46)54-43(61)37(52-44(62)39(29(2)3)50-31(5)57)20-12-15-27-49-38(58)28-32-21-23-34(24-22-32)56-55-33-16-8-7-9-17-33/h7-9,16-17,21-24,29-30,35-37,39-40H,6,10-15,18-20,25-28,46-47H2,1-5H3,(H2,48,59)(H,49,58)(H,50,57)(H,51,60)(H,52,62)(H,53,63)(H,54,61)/t30-,35-,36-,37-,39-,40-/m0/s1. The molecule has 2 rings (SSSR count). The Kier molecular flexibility index (Phi) is 25.0. The highest BCUT2D eigenvalue weighted by Gasteiger charge is 2.34. The van der Waals surface area contributed by atoms with Crippen molar-refractivity contribution in [3.63, 3.8) is 0 Å². The number of azo groups is 1. The third-order valence-electron chi connectivity index (χ3n) is 10.5. The van der Waals surface area contributed by atoms with Gasteiger partial charge in [0.25, 0.3) is 0 Å². The van der Waals surface area contributed by atoms with E-state index in [2.05, 4.69) is 42.1 Å². The quantitative estimate of drug-likeness (QED) is 0.0411. The first-order valence-corrected chi connectivity index (χ1v) is 22.1. The number of nitrogens with two attached hydrogens (primary N) is 3. The van der Waals surface area contributed by atoms with Gasteiger partial charge in [-0.1, -0.05) is 64.4 Å². The van der Waals surface area contributed by atoms with Gasteiger partial charge in [-0.25, -0.2) is 0 Å². The number of benzene rings is 2. The van der Waals surface area contributed by atoms with Crippen LogP contribution in [0, 0.1) is 11.8 Å². The average Bonchev–Trinajstić information content (AvgIpc) is 3.25. The first kappa shape index (κ1) is 53.4. The number of amides is 7. The molecule has 0 aromatic heterocycles. The molecule has 0 aliphatic rings. The number of primary amides is 1. The van der Waals surface area contributed by atoms with Crippen LogP contribution in [0.3, 0.4) is 0 Å². The molecule has 0 unspecified atom stereocenters. The Morgan fingerprint density at radius 2 is 1.08 bits per heavy atom. The molecule has 18 nitrogen and oxygen atoms in total. The summed E-state index contributed by atoms with van der Waals surface area (Å²) in [4.78, 5) is 92.1. The Bertz CT molecular complexity index is 1780. The van der Waals surface area contributed by atoms with Gasteiger partial charge < -0.3 is 49.1 Å². The molecule has 0 radical (unpaired) electrons. The molecule has 63 heavy (non-hydrogen) atoms. The van der Waals surface area contributed by atoms with Crippen molar-refractivity contribution >= 4 is 52.7 Å². The lowest BCUT2D eigenvalue weighted by Crippen LogP contribution is -2.60. The molecule has 0 saturated heterocycles. The maximum Gasteiger partial charge on any atom is 0.243 e. The first-order valence-electron chi connectivity index (χ1n) is 22.1. The van der Waals surface area contributed by atoms with E-state index in [4.69, 9.17) is 17.2 Å². The Labute approximate surface area is 371 Å². The average molecular weight is 878 g/mol.